The summed E-state index contributed by atoms with van der Waals surface area (Å²) in [5, 5.41) is 21.7. The summed E-state index contributed by atoms with van der Waals surface area (Å²) in [5.74, 6) is 0. The van der Waals surface area contributed by atoms with Crippen LogP contribution in [0.5, 0.6) is 0 Å². The van der Waals surface area contributed by atoms with Crippen LogP contribution in [0.25, 0.3) is 86.2 Å². The lowest BCUT2D eigenvalue weighted by Gasteiger charge is -2.10. The Kier molecular flexibility index (Phi) is 2.88. The highest BCUT2D eigenvalue weighted by atomic mass is 14.2. The van der Waals surface area contributed by atoms with Crippen LogP contribution in [0.2, 0.25) is 0 Å². The van der Waals surface area contributed by atoms with E-state index in [1.807, 2.05) is 0 Å². The zero-order valence-electron chi connectivity index (χ0n) is 18.4. The van der Waals surface area contributed by atoms with Crippen LogP contribution < -0.4 is 0 Å². The number of fused-ring (bicyclic) bond motifs is 10. The Morgan fingerprint density at radius 1 is 0.235 bits per heavy atom. The molecule has 0 amide bonds. The number of benzene rings is 7. The molecule has 0 saturated carbocycles. The van der Waals surface area contributed by atoms with Gasteiger partial charge in [0.2, 0.25) is 0 Å². The van der Waals surface area contributed by atoms with Crippen molar-refractivity contribution in [3.8, 4) is 0 Å². The Morgan fingerprint density at radius 2 is 0.588 bits per heavy atom. The highest BCUT2D eigenvalue weighted by molar-refractivity contribution is 6.41. The Labute approximate surface area is 195 Å². The van der Waals surface area contributed by atoms with Gasteiger partial charge in [-0.3, -0.25) is 0 Å². The Morgan fingerprint density at radius 3 is 1.15 bits per heavy atom. The van der Waals surface area contributed by atoms with Crippen LogP contribution in [0.1, 0.15) is 0 Å². The minimum atomic E-state index is 1.30. The second-order valence-corrected chi connectivity index (χ2v) is 9.69. The minimum absolute atomic E-state index is 1.30. The largest absolute Gasteiger partial charge is 0.0616 e. The maximum atomic E-state index is 2.47. The molecule has 9 rings (SSSR count). The molecule has 0 fully saturated rings. The Hall–Kier alpha value is -4.42. The van der Waals surface area contributed by atoms with Crippen LogP contribution in [-0.4, -0.2) is 0 Å². The standard InChI is InChI=1S/C34H18/c1-2-8-20-16-28-27(15-19(20)7-1)24-12-6-14-26-29-17-31-22-10-4-3-9-21(22)23-11-5-13-25(33(23)31)30(29)18-32(28)34(24)26/h1-18H. The molecule has 34 heavy (non-hydrogen) atoms. The molecule has 0 unspecified atom stereocenters. The van der Waals surface area contributed by atoms with Gasteiger partial charge in [-0.2, -0.15) is 0 Å². The van der Waals surface area contributed by atoms with Crippen LogP contribution in [0.3, 0.4) is 0 Å². The number of hydrogen-bond acceptors (Lipinski definition) is 0. The van der Waals surface area contributed by atoms with E-state index in [2.05, 4.69) is 109 Å². The topological polar surface area (TPSA) is 0 Å². The molecular formula is C34H18. The molecule has 9 aromatic rings. The highest BCUT2D eigenvalue weighted by Crippen LogP contribution is 2.47. The van der Waals surface area contributed by atoms with Crippen molar-refractivity contribution in [2.75, 3.05) is 0 Å². The first kappa shape index (κ1) is 17.1. The van der Waals surface area contributed by atoms with Gasteiger partial charge >= 0.3 is 0 Å². The van der Waals surface area contributed by atoms with Crippen LogP contribution in [0.15, 0.2) is 109 Å². The van der Waals surface area contributed by atoms with Gasteiger partial charge in [0.15, 0.2) is 0 Å². The molecule has 0 atom stereocenters. The van der Waals surface area contributed by atoms with E-state index in [9.17, 15) is 0 Å². The van der Waals surface area contributed by atoms with Crippen molar-refractivity contribution in [2.45, 2.75) is 0 Å². The van der Waals surface area contributed by atoms with Gasteiger partial charge in [-0.15, -0.1) is 0 Å². The molecule has 0 saturated heterocycles. The van der Waals surface area contributed by atoms with Gasteiger partial charge < -0.3 is 0 Å². The van der Waals surface area contributed by atoms with Gasteiger partial charge in [0.25, 0.3) is 0 Å². The van der Waals surface area contributed by atoms with Crippen LogP contribution in [0, 0.1) is 0 Å². The second-order valence-electron chi connectivity index (χ2n) is 9.69. The van der Waals surface area contributed by atoms with Crippen molar-refractivity contribution in [1.29, 1.82) is 0 Å². The van der Waals surface area contributed by atoms with Gasteiger partial charge in [-0.25, -0.2) is 0 Å². The van der Waals surface area contributed by atoms with E-state index in [1.54, 1.807) is 0 Å². The first-order chi connectivity index (χ1) is 16.9. The van der Waals surface area contributed by atoms with Gasteiger partial charge in [0.05, 0.1) is 0 Å². The molecule has 0 heterocycles. The lowest BCUT2D eigenvalue weighted by molar-refractivity contribution is 1.81. The van der Waals surface area contributed by atoms with E-state index in [1.165, 1.54) is 86.2 Å². The maximum absolute atomic E-state index is 2.47. The zero-order chi connectivity index (χ0) is 22.0. The summed E-state index contributed by atoms with van der Waals surface area (Å²) in [6.45, 7) is 0. The lowest BCUT2D eigenvalue weighted by Crippen LogP contribution is -1.82. The maximum Gasteiger partial charge on any atom is -0.00199 e. The summed E-state index contributed by atoms with van der Waals surface area (Å²) in [6, 6.07) is 40.9. The summed E-state index contributed by atoms with van der Waals surface area (Å²) in [6.07, 6.45) is 0. The monoisotopic (exact) mass is 426 g/mol. The van der Waals surface area contributed by atoms with E-state index in [-0.39, 0.29) is 0 Å². The van der Waals surface area contributed by atoms with Crippen LogP contribution in [0.4, 0.5) is 0 Å². The zero-order valence-corrected chi connectivity index (χ0v) is 18.4. The SMILES string of the molecule is c1ccc2cc3c(cc2c1)c1cccc2c4cc5c6ccccc6c6cccc(c4cc3c12)c65. The summed E-state index contributed by atoms with van der Waals surface area (Å²) in [5.41, 5.74) is 0. The molecule has 0 aliphatic carbocycles. The molecule has 0 radical (unpaired) electrons. The predicted octanol–water partition coefficient (Wildman–Crippen LogP) is 9.79. The molecule has 0 bridgehead atoms. The number of rotatable bonds is 0. The summed E-state index contributed by atoms with van der Waals surface area (Å²) in [7, 11) is 0. The van der Waals surface area contributed by atoms with Crippen molar-refractivity contribution in [2.24, 2.45) is 0 Å². The average molecular weight is 427 g/mol. The summed E-state index contributed by atoms with van der Waals surface area (Å²) < 4.78 is 0. The van der Waals surface area contributed by atoms with E-state index in [4.69, 9.17) is 0 Å². The Balaban J connectivity index is 1.61. The van der Waals surface area contributed by atoms with Crippen molar-refractivity contribution < 1.29 is 0 Å². The fourth-order valence-corrected chi connectivity index (χ4v) is 6.68. The number of hydrogen-bond donors (Lipinski definition) is 0. The molecule has 0 nitrogen and oxygen atoms in total. The second kappa shape index (κ2) is 5.73. The first-order valence-corrected chi connectivity index (χ1v) is 12.0. The van der Waals surface area contributed by atoms with Crippen LogP contribution >= 0.6 is 0 Å². The highest BCUT2D eigenvalue weighted by Gasteiger charge is 2.19. The fourth-order valence-electron chi connectivity index (χ4n) is 6.68. The molecular weight excluding hydrogens is 408 g/mol. The van der Waals surface area contributed by atoms with E-state index < -0.39 is 0 Å². The molecule has 154 valence electrons. The lowest BCUT2D eigenvalue weighted by atomic mass is 9.93. The quantitative estimate of drug-likeness (QED) is 0.212. The average Bonchev–Trinajstić information content (AvgIpc) is 3.38. The minimum Gasteiger partial charge on any atom is -0.0616 e. The van der Waals surface area contributed by atoms with Gasteiger partial charge in [-0.05, 0) is 110 Å². The molecule has 0 aliphatic rings. The molecule has 0 aliphatic heterocycles. The summed E-state index contributed by atoms with van der Waals surface area (Å²) in [4.78, 5) is 0. The van der Waals surface area contributed by atoms with E-state index in [0.717, 1.165) is 0 Å². The molecule has 0 heteroatoms. The fraction of sp³-hybridized carbons (Fsp3) is 0. The van der Waals surface area contributed by atoms with Crippen molar-refractivity contribution >= 4 is 86.2 Å². The predicted molar refractivity (Wildman–Crippen MR) is 149 cm³/mol. The third-order valence-corrected chi connectivity index (χ3v) is 8.09. The van der Waals surface area contributed by atoms with Crippen molar-refractivity contribution in [3.63, 3.8) is 0 Å². The molecule has 0 N–H and O–H groups in total. The van der Waals surface area contributed by atoms with Crippen LogP contribution in [-0.2, 0) is 0 Å². The van der Waals surface area contributed by atoms with Gasteiger partial charge in [0, 0.05) is 0 Å². The molecule has 0 spiro atoms. The molecule has 0 aromatic heterocycles. The molecule has 9 aromatic carbocycles. The van der Waals surface area contributed by atoms with Crippen molar-refractivity contribution in [3.05, 3.63) is 109 Å². The van der Waals surface area contributed by atoms with Gasteiger partial charge in [-0.1, -0.05) is 84.9 Å². The van der Waals surface area contributed by atoms with E-state index in [0.29, 0.717) is 0 Å². The smallest absolute Gasteiger partial charge is 0.00199 e. The van der Waals surface area contributed by atoms with Gasteiger partial charge in [0.1, 0.15) is 0 Å². The normalized spacial score (nSPS) is 12.7. The third-order valence-electron chi connectivity index (χ3n) is 8.09. The third kappa shape index (κ3) is 1.89. The first-order valence-electron chi connectivity index (χ1n) is 12.0. The van der Waals surface area contributed by atoms with Crippen molar-refractivity contribution in [1.82, 2.24) is 0 Å². The van der Waals surface area contributed by atoms with E-state index >= 15 is 0 Å². The Bertz CT molecular complexity index is 2270. The summed E-state index contributed by atoms with van der Waals surface area (Å²) >= 11 is 0.